The number of likely N-dealkylation sites (tertiary alicyclic amines) is 1. The van der Waals surface area contributed by atoms with E-state index in [4.69, 9.17) is 11.6 Å². The van der Waals surface area contributed by atoms with Gasteiger partial charge in [0.05, 0.1) is 12.2 Å². The Kier molecular flexibility index (Phi) is 3.38. The maximum atomic E-state index is 12.2. The molecule has 0 saturated carbocycles. The van der Waals surface area contributed by atoms with Gasteiger partial charge in [0.15, 0.2) is 0 Å². The molecule has 4 nitrogen and oxygen atoms in total. The van der Waals surface area contributed by atoms with Crippen LogP contribution in [0.1, 0.15) is 15.9 Å². The maximum absolute atomic E-state index is 12.2. The molecule has 1 amide bonds. The van der Waals surface area contributed by atoms with E-state index < -0.39 is 12.2 Å². The van der Waals surface area contributed by atoms with Crippen molar-refractivity contribution in [3.05, 3.63) is 34.3 Å². The number of benzene rings is 1. The molecular formula is C12H14ClNO3. The van der Waals surface area contributed by atoms with Crippen LogP contribution in [-0.2, 0) is 0 Å². The Morgan fingerprint density at radius 2 is 1.94 bits per heavy atom. The average Bonchev–Trinajstić information content (AvgIpc) is 2.62. The third-order valence-electron chi connectivity index (χ3n) is 3.04. The molecule has 0 aliphatic carbocycles. The topological polar surface area (TPSA) is 60.8 Å². The fourth-order valence-electron chi connectivity index (χ4n) is 1.94. The van der Waals surface area contributed by atoms with Crippen LogP contribution in [0.15, 0.2) is 18.2 Å². The van der Waals surface area contributed by atoms with Crippen molar-refractivity contribution in [3.8, 4) is 0 Å². The van der Waals surface area contributed by atoms with Crippen molar-refractivity contribution in [3.63, 3.8) is 0 Å². The van der Waals surface area contributed by atoms with Crippen molar-refractivity contribution in [2.24, 2.45) is 0 Å². The van der Waals surface area contributed by atoms with Crippen molar-refractivity contribution >= 4 is 17.5 Å². The first-order chi connectivity index (χ1) is 8.00. The summed E-state index contributed by atoms with van der Waals surface area (Å²) in [6.45, 7) is 2.09. The van der Waals surface area contributed by atoms with Gasteiger partial charge in [0.1, 0.15) is 0 Å². The summed E-state index contributed by atoms with van der Waals surface area (Å²) in [5.41, 5.74) is 1.23. The van der Waals surface area contributed by atoms with Crippen LogP contribution in [-0.4, -0.2) is 46.3 Å². The van der Waals surface area contributed by atoms with Gasteiger partial charge in [-0.3, -0.25) is 4.79 Å². The van der Waals surface area contributed by atoms with E-state index in [2.05, 4.69) is 0 Å². The molecule has 1 aliphatic heterocycles. The molecule has 0 bridgehead atoms. The van der Waals surface area contributed by atoms with Crippen LogP contribution in [0.4, 0.5) is 0 Å². The summed E-state index contributed by atoms with van der Waals surface area (Å²) >= 11 is 5.95. The van der Waals surface area contributed by atoms with Crippen LogP contribution in [0.5, 0.6) is 0 Å². The van der Waals surface area contributed by atoms with Gasteiger partial charge in [-0.15, -0.1) is 0 Å². The molecular weight excluding hydrogens is 242 g/mol. The van der Waals surface area contributed by atoms with E-state index in [1.807, 2.05) is 0 Å². The molecule has 1 fully saturated rings. The monoisotopic (exact) mass is 255 g/mol. The van der Waals surface area contributed by atoms with Gasteiger partial charge in [-0.25, -0.2) is 0 Å². The number of amides is 1. The fraction of sp³-hybridized carbons (Fsp3) is 0.417. The molecule has 0 radical (unpaired) electrons. The van der Waals surface area contributed by atoms with E-state index in [0.29, 0.717) is 10.6 Å². The molecule has 1 aliphatic rings. The molecule has 1 saturated heterocycles. The first-order valence-corrected chi connectivity index (χ1v) is 5.79. The Labute approximate surface area is 104 Å². The predicted octanol–water partition coefficient (Wildman–Crippen LogP) is 0.826. The predicted molar refractivity (Wildman–Crippen MR) is 64.1 cm³/mol. The van der Waals surface area contributed by atoms with Crippen molar-refractivity contribution < 1.29 is 15.0 Å². The number of carbonyl (C=O) groups excluding carboxylic acids is 1. The number of nitrogens with zero attached hydrogens (tertiary/aromatic N) is 1. The third-order valence-corrected chi connectivity index (χ3v) is 3.45. The Bertz CT molecular complexity index is 439. The zero-order valence-corrected chi connectivity index (χ0v) is 10.2. The molecule has 92 valence electrons. The zero-order valence-electron chi connectivity index (χ0n) is 9.43. The van der Waals surface area contributed by atoms with Crippen LogP contribution in [0.3, 0.4) is 0 Å². The van der Waals surface area contributed by atoms with Crippen molar-refractivity contribution in [1.29, 1.82) is 0 Å². The molecule has 1 aromatic rings. The third kappa shape index (κ3) is 2.29. The second kappa shape index (κ2) is 4.64. The van der Waals surface area contributed by atoms with Crippen LogP contribution in [0, 0.1) is 6.92 Å². The number of β-amino-alcohol motifs (C(OH)–C–C–N with tert-alkyl or cyclic N) is 2. The average molecular weight is 256 g/mol. The minimum atomic E-state index is -0.863. The molecule has 2 N–H and O–H groups in total. The summed E-state index contributed by atoms with van der Waals surface area (Å²) in [5.74, 6) is -0.208. The first kappa shape index (κ1) is 12.4. The smallest absolute Gasteiger partial charge is 0.254 e. The lowest BCUT2D eigenvalue weighted by atomic mass is 10.1. The number of hydrogen-bond acceptors (Lipinski definition) is 3. The molecule has 5 heteroatoms. The van der Waals surface area contributed by atoms with Gasteiger partial charge in [0.2, 0.25) is 0 Å². The largest absolute Gasteiger partial charge is 0.388 e. The minimum absolute atomic E-state index is 0.159. The number of hydrogen-bond donors (Lipinski definition) is 2. The van der Waals surface area contributed by atoms with E-state index in [1.54, 1.807) is 25.1 Å². The van der Waals surface area contributed by atoms with Crippen LogP contribution in [0.25, 0.3) is 0 Å². The van der Waals surface area contributed by atoms with Gasteiger partial charge in [-0.1, -0.05) is 17.7 Å². The van der Waals surface area contributed by atoms with Crippen molar-refractivity contribution in [2.75, 3.05) is 13.1 Å². The highest BCUT2D eigenvalue weighted by atomic mass is 35.5. The molecule has 0 spiro atoms. The van der Waals surface area contributed by atoms with E-state index in [-0.39, 0.29) is 19.0 Å². The standard InChI is InChI=1S/C12H14ClNO3/c1-7-8(3-2-4-9(7)13)12(17)14-5-10(15)11(16)6-14/h2-4,10-11,15-16H,5-6H2,1H3/t10-,11+. The number of aliphatic hydroxyl groups excluding tert-OH is 2. The van der Waals surface area contributed by atoms with Crippen molar-refractivity contribution in [2.45, 2.75) is 19.1 Å². The lowest BCUT2D eigenvalue weighted by Gasteiger charge is -2.17. The second-order valence-corrected chi connectivity index (χ2v) is 4.66. The SMILES string of the molecule is Cc1c(Cl)cccc1C(=O)N1C[C@@H](O)[C@@H](O)C1. The summed E-state index contributed by atoms with van der Waals surface area (Å²) in [4.78, 5) is 13.6. The molecule has 2 atom stereocenters. The first-order valence-electron chi connectivity index (χ1n) is 5.41. The number of carbonyl (C=O) groups is 1. The highest BCUT2D eigenvalue weighted by Crippen LogP contribution is 2.22. The summed E-state index contributed by atoms with van der Waals surface area (Å²) in [7, 11) is 0. The maximum Gasteiger partial charge on any atom is 0.254 e. The Morgan fingerprint density at radius 3 is 2.53 bits per heavy atom. The Morgan fingerprint density at radius 1 is 1.35 bits per heavy atom. The lowest BCUT2D eigenvalue weighted by Crippen LogP contribution is -2.30. The van der Waals surface area contributed by atoms with Crippen LogP contribution >= 0.6 is 11.6 Å². The fourth-order valence-corrected chi connectivity index (χ4v) is 2.12. The molecule has 2 rings (SSSR count). The highest BCUT2D eigenvalue weighted by Gasteiger charge is 2.33. The Hall–Kier alpha value is -1.10. The zero-order chi connectivity index (χ0) is 12.6. The van der Waals surface area contributed by atoms with Gasteiger partial charge >= 0.3 is 0 Å². The number of aliphatic hydroxyl groups is 2. The quantitative estimate of drug-likeness (QED) is 0.781. The lowest BCUT2D eigenvalue weighted by molar-refractivity contribution is 0.0572. The van der Waals surface area contributed by atoms with Gasteiger partial charge in [0.25, 0.3) is 5.91 Å². The molecule has 0 unspecified atom stereocenters. The van der Waals surface area contributed by atoms with Crippen LogP contribution in [0.2, 0.25) is 5.02 Å². The normalized spacial score (nSPS) is 24.1. The molecule has 0 aromatic heterocycles. The van der Waals surface area contributed by atoms with Crippen LogP contribution < -0.4 is 0 Å². The Balaban J connectivity index is 2.24. The summed E-state index contributed by atoms with van der Waals surface area (Å²) in [6, 6.07) is 5.13. The minimum Gasteiger partial charge on any atom is -0.388 e. The van der Waals surface area contributed by atoms with E-state index in [9.17, 15) is 15.0 Å². The van der Waals surface area contributed by atoms with E-state index in [0.717, 1.165) is 5.56 Å². The van der Waals surface area contributed by atoms with Gasteiger partial charge in [-0.05, 0) is 24.6 Å². The van der Waals surface area contributed by atoms with Gasteiger partial charge < -0.3 is 15.1 Å². The summed E-state index contributed by atoms with van der Waals surface area (Å²) in [6.07, 6.45) is -1.73. The van der Waals surface area contributed by atoms with Gasteiger partial charge in [-0.2, -0.15) is 0 Å². The van der Waals surface area contributed by atoms with E-state index in [1.165, 1.54) is 4.90 Å². The summed E-state index contributed by atoms with van der Waals surface area (Å²) in [5, 5.41) is 19.4. The van der Waals surface area contributed by atoms with E-state index >= 15 is 0 Å². The number of rotatable bonds is 1. The molecule has 17 heavy (non-hydrogen) atoms. The number of halogens is 1. The molecule has 1 aromatic carbocycles. The highest BCUT2D eigenvalue weighted by molar-refractivity contribution is 6.31. The van der Waals surface area contributed by atoms with Gasteiger partial charge in [0, 0.05) is 23.7 Å². The second-order valence-electron chi connectivity index (χ2n) is 4.26. The van der Waals surface area contributed by atoms with Crippen molar-refractivity contribution in [1.82, 2.24) is 4.90 Å². The summed E-state index contributed by atoms with van der Waals surface area (Å²) < 4.78 is 0. The molecule has 1 heterocycles.